The SMILES string of the molecule is CC(NCC(O)COc1ccc(F)cc1)c1cnn(C(C)C)c1. The summed E-state index contributed by atoms with van der Waals surface area (Å²) in [6, 6.07) is 6.15. The lowest BCUT2D eigenvalue weighted by Crippen LogP contribution is -2.32. The zero-order valence-corrected chi connectivity index (χ0v) is 13.7. The molecule has 0 saturated carbocycles. The van der Waals surface area contributed by atoms with Crippen molar-refractivity contribution < 1.29 is 14.2 Å². The Kier molecular flexibility index (Phi) is 6.12. The van der Waals surface area contributed by atoms with Crippen LogP contribution in [0.15, 0.2) is 36.7 Å². The number of aliphatic hydroxyl groups is 1. The van der Waals surface area contributed by atoms with E-state index < -0.39 is 6.10 Å². The molecular formula is C17H24FN3O2. The van der Waals surface area contributed by atoms with Gasteiger partial charge in [0.1, 0.15) is 24.3 Å². The number of nitrogens with zero attached hydrogens (tertiary/aromatic N) is 2. The zero-order chi connectivity index (χ0) is 16.8. The van der Waals surface area contributed by atoms with E-state index in [1.165, 1.54) is 12.1 Å². The molecule has 126 valence electrons. The number of aromatic nitrogens is 2. The van der Waals surface area contributed by atoms with Crippen LogP contribution in [0.1, 0.15) is 38.4 Å². The molecule has 0 fully saturated rings. The molecule has 0 radical (unpaired) electrons. The molecule has 1 aromatic heterocycles. The van der Waals surface area contributed by atoms with Gasteiger partial charge in [0.2, 0.25) is 0 Å². The van der Waals surface area contributed by atoms with E-state index in [-0.39, 0.29) is 18.5 Å². The monoisotopic (exact) mass is 321 g/mol. The summed E-state index contributed by atoms with van der Waals surface area (Å²) in [5.74, 6) is 0.229. The van der Waals surface area contributed by atoms with E-state index in [0.717, 1.165) is 5.56 Å². The number of rotatable bonds is 8. The van der Waals surface area contributed by atoms with Gasteiger partial charge in [-0.25, -0.2) is 4.39 Å². The molecule has 0 aliphatic rings. The molecule has 1 aromatic carbocycles. The van der Waals surface area contributed by atoms with Crippen LogP contribution >= 0.6 is 0 Å². The molecule has 0 aliphatic heterocycles. The molecule has 1 heterocycles. The number of benzene rings is 1. The largest absolute Gasteiger partial charge is 0.491 e. The number of hydrogen-bond acceptors (Lipinski definition) is 4. The third-order valence-electron chi connectivity index (χ3n) is 3.57. The van der Waals surface area contributed by atoms with Gasteiger partial charge < -0.3 is 15.2 Å². The van der Waals surface area contributed by atoms with Crippen molar-refractivity contribution in [2.24, 2.45) is 0 Å². The average molecular weight is 321 g/mol. The van der Waals surface area contributed by atoms with Crippen molar-refractivity contribution >= 4 is 0 Å². The van der Waals surface area contributed by atoms with Gasteiger partial charge in [-0.3, -0.25) is 4.68 Å². The highest BCUT2D eigenvalue weighted by Gasteiger charge is 2.12. The normalized spacial score (nSPS) is 14.0. The lowest BCUT2D eigenvalue weighted by atomic mass is 10.2. The summed E-state index contributed by atoms with van der Waals surface area (Å²) in [6.07, 6.45) is 3.19. The van der Waals surface area contributed by atoms with Crippen molar-refractivity contribution in [1.82, 2.24) is 15.1 Å². The number of ether oxygens (including phenoxy) is 1. The third-order valence-corrected chi connectivity index (χ3v) is 3.57. The van der Waals surface area contributed by atoms with Crippen LogP contribution in [0.3, 0.4) is 0 Å². The van der Waals surface area contributed by atoms with Crippen LogP contribution < -0.4 is 10.1 Å². The molecule has 2 rings (SSSR count). The summed E-state index contributed by atoms with van der Waals surface area (Å²) < 4.78 is 20.1. The highest BCUT2D eigenvalue weighted by molar-refractivity contribution is 5.22. The van der Waals surface area contributed by atoms with E-state index in [0.29, 0.717) is 18.3 Å². The average Bonchev–Trinajstić information content (AvgIpc) is 3.02. The minimum Gasteiger partial charge on any atom is -0.491 e. The second-order valence-electron chi connectivity index (χ2n) is 5.90. The fourth-order valence-corrected chi connectivity index (χ4v) is 2.07. The topological polar surface area (TPSA) is 59.3 Å². The summed E-state index contributed by atoms with van der Waals surface area (Å²) in [5.41, 5.74) is 1.07. The van der Waals surface area contributed by atoms with E-state index in [4.69, 9.17) is 4.74 Å². The smallest absolute Gasteiger partial charge is 0.123 e. The highest BCUT2D eigenvalue weighted by atomic mass is 19.1. The summed E-state index contributed by atoms with van der Waals surface area (Å²) in [5, 5.41) is 17.5. The maximum atomic E-state index is 12.8. The van der Waals surface area contributed by atoms with Crippen molar-refractivity contribution in [2.75, 3.05) is 13.2 Å². The van der Waals surface area contributed by atoms with Crippen molar-refractivity contribution in [3.63, 3.8) is 0 Å². The van der Waals surface area contributed by atoms with Crippen molar-refractivity contribution in [1.29, 1.82) is 0 Å². The first-order valence-corrected chi connectivity index (χ1v) is 7.79. The molecule has 2 N–H and O–H groups in total. The first kappa shape index (κ1) is 17.4. The van der Waals surface area contributed by atoms with Crippen LogP contribution in [-0.4, -0.2) is 34.1 Å². The van der Waals surface area contributed by atoms with E-state index in [9.17, 15) is 9.50 Å². The van der Waals surface area contributed by atoms with Crippen LogP contribution in [0.5, 0.6) is 5.75 Å². The molecule has 0 bridgehead atoms. The Morgan fingerprint density at radius 1 is 1.26 bits per heavy atom. The summed E-state index contributed by atoms with van der Waals surface area (Å²) >= 11 is 0. The predicted octanol–water partition coefficient (Wildman–Crippen LogP) is 2.69. The molecule has 5 nitrogen and oxygen atoms in total. The quantitative estimate of drug-likeness (QED) is 0.785. The minimum atomic E-state index is -0.650. The first-order chi connectivity index (χ1) is 11.0. The van der Waals surface area contributed by atoms with Gasteiger partial charge >= 0.3 is 0 Å². The molecule has 2 unspecified atom stereocenters. The number of hydrogen-bond donors (Lipinski definition) is 2. The summed E-state index contributed by atoms with van der Waals surface area (Å²) in [7, 11) is 0. The van der Waals surface area contributed by atoms with Gasteiger partial charge in [-0.2, -0.15) is 5.10 Å². The standard InChI is InChI=1S/C17H24FN3O2/c1-12(2)21-10-14(8-20-21)13(3)19-9-16(22)11-23-17-6-4-15(18)5-7-17/h4-8,10,12-13,16,19,22H,9,11H2,1-3H3. The highest BCUT2D eigenvalue weighted by Crippen LogP contribution is 2.14. The predicted molar refractivity (Wildman–Crippen MR) is 86.9 cm³/mol. The molecule has 0 spiro atoms. The van der Waals surface area contributed by atoms with Crippen molar-refractivity contribution in [3.8, 4) is 5.75 Å². The van der Waals surface area contributed by atoms with Crippen LogP contribution in [0.25, 0.3) is 0 Å². The Balaban J connectivity index is 1.74. The van der Waals surface area contributed by atoms with E-state index >= 15 is 0 Å². The molecule has 23 heavy (non-hydrogen) atoms. The second-order valence-corrected chi connectivity index (χ2v) is 5.90. The van der Waals surface area contributed by atoms with E-state index in [1.54, 1.807) is 12.1 Å². The van der Waals surface area contributed by atoms with Gasteiger partial charge in [-0.05, 0) is 45.0 Å². The van der Waals surface area contributed by atoms with E-state index in [1.807, 2.05) is 24.0 Å². The molecule has 0 saturated heterocycles. The van der Waals surface area contributed by atoms with Gasteiger partial charge in [0, 0.05) is 30.4 Å². The molecule has 0 amide bonds. The summed E-state index contributed by atoms with van der Waals surface area (Å²) in [4.78, 5) is 0. The summed E-state index contributed by atoms with van der Waals surface area (Å²) in [6.45, 7) is 6.72. The molecule has 2 atom stereocenters. The maximum absolute atomic E-state index is 12.8. The Morgan fingerprint density at radius 2 is 1.96 bits per heavy atom. The van der Waals surface area contributed by atoms with Crippen molar-refractivity contribution in [2.45, 2.75) is 39.0 Å². The molecule has 6 heteroatoms. The Morgan fingerprint density at radius 3 is 2.57 bits per heavy atom. The molecular weight excluding hydrogens is 297 g/mol. The fraction of sp³-hybridized carbons (Fsp3) is 0.471. The Hall–Kier alpha value is -1.92. The maximum Gasteiger partial charge on any atom is 0.123 e. The second kappa shape index (κ2) is 8.08. The van der Waals surface area contributed by atoms with Crippen LogP contribution in [0, 0.1) is 5.82 Å². The Labute approximate surface area is 136 Å². The van der Waals surface area contributed by atoms with Gasteiger partial charge in [-0.1, -0.05) is 0 Å². The number of aliphatic hydroxyl groups excluding tert-OH is 1. The van der Waals surface area contributed by atoms with Crippen LogP contribution in [0.4, 0.5) is 4.39 Å². The lowest BCUT2D eigenvalue weighted by Gasteiger charge is -2.17. The molecule has 2 aromatic rings. The zero-order valence-electron chi connectivity index (χ0n) is 13.7. The van der Waals surface area contributed by atoms with Crippen molar-refractivity contribution in [3.05, 3.63) is 48.0 Å². The molecule has 0 aliphatic carbocycles. The van der Waals surface area contributed by atoms with Gasteiger partial charge in [0.15, 0.2) is 0 Å². The number of nitrogens with one attached hydrogen (secondary N) is 1. The van der Waals surface area contributed by atoms with Crippen LogP contribution in [0.2, 0.25) is 0 Å². The number of halogens is 1. The Bertz CT molecular complexity index is 598. The lowest BCUT2D eigenvalue weighted by molar-refractivity contribution is 0.104. The van der Waals surface area contributed by atoms with Gasteiger partial charge in [0.05, 0.1) is 6.20 Å². The van der Waals surface area contributed by atoms with Gasteiger partial charge in [-0.15, -0.1) is 0 Å². The minimum absolute atomic E-state index is 0.0861. The first-order valence-electron chi connectivity index (χ1n) is 7.79. The fourth-order valence-electron chi connectivity index (χ4n) is 2.07. The van der Waals surface area contributed by atoms with Gasteiger partial charge in [0.25, 0.3) is 0 Å². The third kappa shape index (κ3) is 5.33. The van der Waals surface area contributed by atoms with E-state index in [2.05, 4.69) is 24.3 Å². The van der Waals surface area contributed by atoms with Crippen LogP contribution in [-0.2, 0) is 0 Å².